The van der Waals surface area contributed by atoms with E-state index in [1.165, 1.54) is 0 Å². The van der Waals surface area contributed by atoms with Crippen LogP contribution in [0.25, 0.3) is 0 Å². The van der Waals surface area contributed by atoms with Crippen molar-refractivity contribution < 1.29 is 19.3 Å². The molecule has 0 bridgehead atoms. The number of aliphatic hydroxyl groups excluding tert-OH is 1. The van der Waals surface area contributed by atoms with Crippen molar-refractivity contribution in [3.8, 4) is 5.75 Å². The summed E-state index contributed by atoms with van der Waals surface area (Å²) in [5.41, 5.74) is 0. The van der Waals surface area contributed by atoms with Gasteiger partial charge in [-0.15, -0.1) is 0 Å². The molecule has 4 heteroatoms. The average Bonchev–Trinajstić information content (AvgIpc) is 2.29. The van der Waals surface area contributed by atoms with E-state index in [0.717, 1.165) is 5.75 Å². The molecule has 0 radical (unpaired) electrons. The van der Waals surface area contributed by atoms with E-state index in [-0.39, 0.29) is 13.2 Å². The topological polar surface area (TPSA) is 47.9 Å². The Balaban J connectivity index is 2.33. The van der Waals surface area contributed by atoms with Crippen molar-refractivity contribution in [1.29, 1.82) is 0 Å². The maximum atomic E-state index is 8.53. The first-order valence-electron chi connectivity index (χ1n) is 4.80. The fraction of sp³-hybridized carbons (Fsp3) is 0.455. The monoisotopic (exact) mass is 212 g/mol. The summed E-state index contributed by atoms with van der Waals surface area (Å²) in [6.45, 7) is 0.589. The van der Waals surface area contributed by atoms with E-state index in [9.17, 15) is 0 Å². The van der Waals surface area contributed by atoms with Gasteiger partial charge in [0.25, 0.3) is 0 Å². The Bertz CT molecular complexity index is 250. The Morgan fingerprint density at radius 2 is 2.00 bits per heavy atom. The Labute approximate surface area is 89.4 Å². The number of rotatable bonds is 7. The molecule has 1 rings (SSSR count). The maximum absolute atomic E-state index is 8.53. The van der Waals surface area contributed by atoms with Gasteiger partial charge in [0.1, 0.15) is 12.4 Å². The van der Waals surface area contributed by atoms with Gasteiger partial charge in [0.05, 0.1) is 13.2 Å². The van der Waals surface area contributed by atoms with Crippen LogP contribution in [0.1, 0.15) is 0 Å². The molecule has 1 atom stereocenters. The Hall–Kier alpha value is -1.10. The van der Waals surface area contributed by atoms with Crippen molar-refractivity contribution in [1.82, 2.24) is 0 Å². The van der Waals surface area contributed by atoms with Crippen LogP contribution in [0, 0.1) is 0 Å². The molecule has 0 saturated carbocycles. The molecule has 1 aromatic rings. The van der Waals surface area contributed by atoms with Gasteiger partial charge in [-0.3, -0.25) is 0 Å². The molecule has 0 aliphatic rings. The minimum Gasteiger partial charge on any atom is -0.462 e. The first-order chi connectivity index (χ1) is 7.36. The van der Waals surface area contributed by atoms with Gasteiger partial charge < -0.3 is 19.3 Å². The van der Waals surface area contributed by atoms with Crippen molar-refractivity contribution in [3.05, 3.63) is 30.3 Å². The number of ether oxygens (including phenoxy) is 3. The summed E-state index contributed by atoms with van der Waals surface area (Å²) in [5, 5.41) is 8.53. The van der Waals surface area contributed by atoms with E-state index >= 15 is 0 Å². The third-order valence-electron chi connectivity index (χ3n) is 1.76. The van der Waals surface area contributed by atoms with Crippen LogP contribution in [0.4, 0.5) is 0 Å². The largest absolute Gasteiger partial charge is 0.462 e. The standard InChI is InChI=1S/C11H16O4/c1-13-11(9-14-8-7-12)15-10-5-3-2-4-6-10/h2-6,11-12H,7-9H2,1H3. The molecule has 4 nitrogen and oxygen atoms in total. The van der Waals surface area contributed by atoms with Crippen LogP contribution in [0.15, 0.2) is 30.3 Å². The number of hydrogen-bond acceptors (Lipinski definition) is 4. The van der Waals surface area contributed by atoms with Gasteiger partial charge in [-0.1, -0.05) is 18.2 Å². The molecule has 0 fully saturated rings. The smallest absolute Gasteiger partial charge is 0.223 e. The van der Waals surface area contributed by atoms with Gasteiger partial charge in [0.2, 0.25) is 6.29 Å². The lowest BCUT2D eigenvalue weighted by molar-refractivity contribution is -0.104. The molecule has 1 unspecified atom stereocenters. The van der Waals surface area contributed by atoms with E-state index in [4.69, 9.17) is 19.3 Å². The Kier molecular flexibility index (Phi) is 5.77. The second-order valence-corrected chi connectivity index (χ2v) is 2.89. The second kappa shape index (κ2) is 7.23. The van der Waals surface area contributed by atoms with Crippen LogP contribution in [0.2, 0.25) is 0 Å². The van der Waals surface area contributed by atoms with Crippen molar-refractivity contribution >= 4 is 0 Å². The first kappa shape index (κ1) is 12.0. The first-order valence-corrected chi connectivity index (χ1v) is 4.80. The Morgan fingerprint density at radius 3 is 2.60 bits per heavy atom. The van der Waals surface area contributed by atoms with Crippen LogP contribution in [0.3, 0.4) is 0 Å². The summed E-state index contributed by atoms with van der Waals surface area (Å²) in [4.78, 5) is 0. The van der Waals surface area contributed by atoms with E-state index in [1.54, 1.807) is 7.11 Å². The molecular weight excluding hydrogens is 196 g/mol. The zero-order chi connectivity index (χ0) is 10.9. The van der Waals surface area contributed by atoms with E-state index in [0.29, 0.717) is 6.61 Å². The molecule has 0 spiro atoms. The zero-order valence-corrected chi connectivity index (χ0v) is 8.76. The van der Waals surface area contributed by atoms with Crippen molar-refractivity contribution in [2.75, 3.05) is 26.9 Å². The fourth-order valence-electron chi connectivity index (χ4n) is 1.05. The highest BCUT2D eigenvalue weighted by molar-refractivity contribution is 5.20. The van der Waals surface area contributed by atoms with Crippen LogP contribution in [0.5, 0.6) is 5.75 Å². The number of aliphatic hydroxyl groups is 1. The van der Waals surface area contributed by atoms with Crippen LogP contribution in [-0.4, -0.2) is 38.3 Å². The minimum absolute atomic E-state index is 0.00176. The van der Waals surface area contributed by atoms with Crippen molar-refractivity contribution in [2.45, 2.75) is 6.29 Å². The molecular formula is C11H16O4. The molecule has 1 aromatic carbocycles. The van der Waals surface area contributed by atoms with Crippen LogP contribution in [-0.2, 0) is 9.47 Å². The summed E-state index contributed by atoms with van der Waals surface area (Å²) >= 11 is 0. The molecule has 0 aliphatic carbocycles. The highest BCUT2D eigenvalue weighted by Gasteiger charge is 2.08. The average molecular weight is 212 g/mol. The number of hydrogen-bond donors (Lipinski definition) is 1. The van der Waals surface area contributed by atoms with E-state index in [1.807, 2.05) is 30.3 Å². The SMILES string of the molecule is COC(COCCO)Oc1ccccc1. The molecule has 1 N–H and O–H groups in total. The lowest BCUT2D eigenvalue weighted by atomic mass is 10.3. The number of methoxy groups -OCH3 is 1. The summed E-state index contributed by atoms with van der Waals surface area (Å²) < 4.78 is 15.7. The fourth-order valence-corrected chi connectivity index (χ4v) is 1.05. The van der Waals surface area contributed by atoms with Gasteiger partial charge in [-0.05, 0) is 12.1 Å². The third-order valence-corrected chi connectivity index (χ3v) is 1.76. The highest BCUT2D eigenvalue weighted by atomic mass is 16.7. The summed E-state index contributed by atoms with van der Waals surface area (Å²) in [7, 11) is 1.55. The van der Waals surface area contributed by atoms with Crippen molar-refractivity contribution in [2.24, 2.45) is 0 Å². The molecule has 0 aliphatic heterocycles. The lowest BCUT2D eigenvalue weighted by Gasteiger charge is -2.17. The quantitative estimate of drug-likeness (QED) is 0.542. The third kappa shape index (κ3) is 4.78. The molecule has 15 heavy (non-hydrogen) atoms. The molecule has 0 amide bonds. The summed E-state index contributed by atoms with van der Waals surface area (Å²) in [5.74, 6) is 0.733. The van der Waals surface area contributed by atoms with E-state index in [2.05, 4.69) is 0 Å². The summed E-state index contributed by atoms with van der Waals surface area (Å²) in [6, 6.07) is 9.38. The number of para-hydroxylation sites is 1. The zero-order valence-electron chi connectivity index (χ0n) is 8.76. The molecule has 84 valence electrons. The predicted molar refractivity (Wildman–Crippen MR) is 55.8 cm³/mol. The van der Waals surface area contributed by atoms with Gasteiger partial charge in [-0.2, -0.15) is 0 Å². The van der Waals surface area contributed by atoms with Crippen LogP contribution >= 0.6 is 0 Å². The Morgan fingerprint density at radius 1 is 1.27 bits per heavy atom. The molecule has 0 heterocycles. The van der Waals surface area contributed by atoms with Gasteiger partial charge in [-0.25, -0.2) is 0 Å². The summed E-state index contributed by atoms with van der Waals surface area (Å²) in [6.07, 6.45) is -0.445. The van der Waals surface area contributed by atoms with E-state index < -0.39 is 6.29 Å². The van der Waals surface area contributed by atoms with Crippen molar-refractivity contribution in [3.63, 3.8) is 0 Å². The molecule has 0 saturated heterocycles. The lowest BCUT2D eigenvalue weighted by Crippen LogP contribution is -2.25. The van der Waals surface area contributed by atoms with Crippen LogP contribution < -0.4 is 4.74 Å². The highest BCUT2D eigenvalue weighted by Crippen LogP contribution is 2.11. The minimum atomic E-state index is -0.445. The number of benzene rings is 1. The maximum Gasteiger partial charge on any atom is 0.223 e. The molecule has 0 aromatic heterocycles. The van der Waals surface area contributed by atoms with Gasteiger partial charge in [0, 0.05) is 7.11 Å². The second-order valence-electron chi connectivity index (χ2n) is 2.89. The van der Waals surface area contributed by atoms with Gasteiger partial charge in [0.15, 0.2) is 0 Å². The van der Waals surface area contributed by atoms with Gasteiger partial charge >= 0.3 is 0 Å². The predicted octanol–water partition coefficient (Wildman–Crippen LogP) is 1.05. The normalized spacial score (nSPS) is 12.4.